The van der Waals surface area contributed by atoms with E-state index in [0.29, 0.717) is 33.0 Å². The quantitative estimate of drug-likeness (QED) is 0.159. The highest BCUT2D eigenvalue weighted by Gasteiger charge is 2.60. The van der Waals surface area contributed by atoms with Crippen LogP contribution in [-0.4, -0.2) is 85.8 Å². The van der Waals surface area contributed by atoms with Crippen molar-refractivity contribution in [2.24, 2.45) is 5.73 Å². The number of halogens is 1. The molecule has 0 aliphatic carbocycles. The first kappa shape index (κ1) is 26.8. The van der Waals surface area contributed by atoms with Crippen LogP contribution in [0.5, 0.6) is 5.75 Å². The standard InChI is InChI=1S/C20H24BClN6O10P/c22-9-1-2-10(33-4-3-29)14-13(9)11(5-23)36-21(14)37-16-12(6-34-39(30,31)32)35-20(17(16)38-21)28-8-27-15-18(24)25-7-26-19(15)28/h1-2,7-8,11-12,16-17,20,29H,3-6,23H2,(H2,24,25,26)(H2,30,31,32)/q-1/t11-,12-,16-,17-,20-,21+/m1/s1. The SMILES string of the molecule is NC[C@H]1O[B@@-]2(O[C@@H]3[C@H](O2)[C@@H](COP(=O)(O)O)O[C@H]3n2cnc3c(N)ncnc32)c2c(OCCO)ccc(Cl)c21. The molecule has 3 aliphatic rings. The molecule has 5 heterocycles. The maximum atomic E-state index is 11.5. The molecule has 2 fully saturated rings. The molecule has 16 nitrogen and oxygen atoms in total. The minimum Gasteiger partial charge on any atom is -0.534 e. The van der Waals surface area contributed by atoms with E-state index in [1.54, 1.807) is 16.7 Å². The van der Waals surface area contributed by atoms with E-state index in [-0.39, 0.29) is 25.6 Å². The van der Waals surface area contributed by atoms with E-state index >= 15 is 0 Å². The van der Waals surface area contributed by atoms with Gasteiger partial charge in [-0.25, -0.2) is 19.5 Å². The highest BCUT2D eigenvalue weighted by Crippen LogP contribution is 2.49. The first-order chi connectivity index (χ1) is 18.7. The number of benzene rings is 1. The van der Waals surface area contributed by atoms with Crippen LogP contribution in [-0.2, 0) is 27.8 Å². The summed E-state index contributed by atoms with van der Waals surface area (Å²) < 4.78 is 48.9. The van der Waals surface area contributed by atoms with Gasteiger partial charge in [0.05, 0.1) is 43.6 Å². The summed E-state index contributed by atoms with van der Waals surface area (Å²) in [5, 5.41) is 9.69. The van der Waals surface area contributed by atoms with Crippen molar-refractivity contribution in [3.05, 3.63) is 35.4 Å². The molecule has 6 atom stereocenters. The van der Waals surface area contributed by atoms with Crippen LogP contribution < -0.4 is 21.7 Å². The van der Waals surface area contributed by atoms with E-state index in [9.17, 15) is 19.5 Å². The van der Waals surface area contributed by atoms with E-state index in [4.69, 9.17) is 51.0 Å². The molecule has 3 aliphatic heterocycles. The zero-order valence-corrected chi connectivity index (χ0v) is 21.7. The normalized spacial score (nSPS) is 29.8. The second kappa shape index (κ2) is 9.90. The Hall–Kier alpha value is -2.41. The van der Waals surface area contributed by atoms with Gasteiger partial charge >= 0.3 is 14.6 Å². The largest absolute Gasteiger partial charge is 0.534 e. The van der Waals surface area contributed by atoms with E-state index in [2.05, 4.69) is 15.0 Å². The van der Waals surface area contributed by atoms with Crippen LogP contribution in [0.15, 0.2) is 24.8 Å². The third kappa shape index (κ3) is 4.49. The van der Waals surface area contributed by atoms with Crippen molar-refractivity contribution in [3.8, 4) is 5.75 Å². The number of fused-ring (bicyclic) bond motifs is 4. The summed E-state index contributed by atoms with van der Waals surface area (Å²) in [6.45, 7) is -3.52. The van der Waals surface area contributed by atoms with Crippen molar-refractivity contribution >= 4 is 48.6 Å². The zero-order valence-electron chi connectivity index (χ0n) is 20.1. The monoisotopic (exact) mass is 585 g/mol. The number of phosphoric ester groups is 1. The Morgan fingerprint density at radius 3 is 2.72 bits per heavy atom. The predicted molar refractivity (Wildman–Crippen MR) is 134 cm³/mol. The molecule has 210 valence electrons. The summed E-state index contributed by atoms with van der Waals surface area (Å²) >= 11 is 6.54. The van der Waals surface area contributed by atoms with Gasteiger partial charge in [-0.1, -0.05) is 17.1 Å². The summed E-state index contributed by atoms with van der Waals surface area (Å²) in [5.74, 6) is 0.464. The Kier molecular flexibility index (Phi) is 6.80. The van der Waals surface area contributed by atoms with Crippen molar-refractivity contribution in [1.82, 2.24) is 19.5 Å². The minimum absolute atomic E-state index is 0.0208. The molecule has 0 radical (unpaired) electrons. The minimum atomic E-state index is -4.85. The Balaban J connectivity index is 1.43. The molecule has 39 heavy (non-hydrogen) atoms. The van der Waals surface area contributed by atoms with Gasteiger partial charge in [-0.3, -0.25) is 9.09 Å². The third-order valence-electron chi connectivity index (χ3n) is 6.80. The molecule has 19 heteroatoms. The molecule has 0 bridgehead atoms. The van der Waals surface area contributed by atoms with Crippen LogP contribution in [0.1, 0.15) is 17.9 Å². The Morgan fingerprint density at radius 2 is 1.97 bits per heavy atom. The molecule has 7 N–H and O–H groups in total. The van der Waals surface area contributed by atoms with Gasteiger partial charge in [0.2, 0.25) is 0 Å². The molecule has 0 amide bonds. The number of imidazole rings is 1. The second-order valence-electron chi connectivity index (χ2n) is 9.08. The number of nitrogens with two attached hydrogens (primary N) is 2. The topological polar surface area (TPSA) is 229 Å². The first-order valence-corrected chi connectivity index (χ1v) is 13.8. The predicted octanol–water partition coefficient (Wildman–Crippen LogP) is -0.900. The number of aliphatic hydroxyl groups excluding tert-OH is 1. The van der Waals surface area contributed by atoms with Crippen LogP contribution >= 0.6 is 19.4 Å². The number of aromatic nitrogens is 4. The lowest BCUT2D eigenvalue weighted by Gasteiger charge is -2.36. The van der Waals surface area contributed by atoms with Crippen molar-refractivity contribution in [2.75, 3.05) is 32.1 Å². The van der Waals surface area contributed by atoms with E-state index in [0.717, 1.165) is 0 Å². The molecule has 1 spiro atoms. The first-order valence-electron chi connectivity index (χ1n) is 11.9. The van der Waals surface area contributed by atoms with Crippen molar-refractivity contribution in [3.63, 3.8) is 0 Å². The lowest BCUT2D eigenvalue weighted by molar-refractivity contribution is -0.0682. The summed E-state index contributed by atoms with van der Waals surface area (Å²) in [7, 11) is -4.85. The molecule has 0 unspecified atom stereocenters. The Bertz CT molecular complexity index is 1460. The highest BCUT2D eigenvalue weighted by molar-refractivity contribution is 7.46. The summed E-state index contributed by atoms with van der Waals surface area (Å²) in [6, 6.07) is 3.23. The number of nitrogens with zero attached hydrogens (tertiary/aromatic N) is 4. The number of aliphatic hydroxyl groups is 1. The molecule has 3 aromatic rings. The van der Waals surface area contributed by atoms with E-state index < -0.39 is 51.8 Å². The van der Waals surface area contributed by atoms with Crippen molar-refractivity contribution in [2.45, 2.75) is 30.6 Å². The number of nitrogen functional groups attached to an aromatic ring is 1. The molecular formula is C20H24BClN6O10P-. The second-order valence-corrected chi connectivity index (χ2v) is 10.7. The number of ether oxygens (including phenoxy) is 2. The average Bonchev–Trinajstić information content (AvgIpc) is 3.64. The fourth-order valence-corrected chi connectivity index (χ4v) is 5.96. The van der Waals surface area contributed by atoms with Crippen LogP contribution in [0.25, 0.3) is 11.2 Å². The van der Waals surface area contributed by atoms with Gasteiger partial charge in [0.25, 0.3) is 0 Å². The van der Waals surface area contributed by atoms with E-state index in [1.165, 1.54) is 12.7 Å². The van der Waals surface area contributed by atoms with Crippen LogP contribution in [0.2, 0.25) is 5.02 Å². The summed E-state index contributed by atoms with van der Waals surface area (Å²) in [5.41, 5.74) is 13.5. The molecule has 2 aromatic heterocycles. The lowest BCUT2D eigenvalue weighted by Crippen LogP contribution is -2.52. The van der Waals surface area contributed by atoms with Gasteiger partial charge in [0, 0.05) is 11.6 Å². The fraction of sp³-hybridized carbons (Fsp3) is 0.450. The van der Waals surface area contributed by atoms with Gasteiger partial charge in [0.15, 0.2) is 17.7 Å². The molecule has 2 saturated heterocycles. The molecule has 1 aromatic carbocycles. The third-order valence-corrected chi connectivity index (χ3v) is 7.62. The molecule has 0 saturated carbocycles. The smallest absolute Gasteiger partial charge is 0.469 e. The van der Waals surface area contributed by atoms with Crippen LogP contribution in [0.3, 0.4) is 0 Å². The highest BCUT2D eigenvalue weighted by atomic mass is 35.5. The number of hydrogen-bond acceptors (Lipinski definition) is 13. The van der Waals surface area contributed by atoms with Gasteiger partial charge in [-0.2, -0.15) is 0 Å². The average molecular weight is 586 g/mol. The Labute approximate surface area is 225 Å². The number of hydrogen-bond donors (Lipinski definition) is 5. The van der Waals surface area contributed by atoms with Crippen molar-refractivity contribution in [1.29, 1.82) is 0 Å². The molecule has 6 rings (SSSR count). The number of rotatable bonds is 8. The summed E-state index contributed by atoms with van der Waals surface area (Å²) in [6.07, 6.45) is -1.83. The maximum Gasteiger partial charge on any atom is 0.469 e. The molecular weight excluding hydrogens is 561 g/mol. The van der Waals surface area contributed by atoms with Gasteiger partial charge < -0.3 is 49.8 Å². The van der Waals surface area contributed by atoms with Crippen LogP contribution in [0.4, 0.5) is 5.82 Å². The van der Waals surface area contributed by atoms with Crippen molar-refractivity contribution < 1.29 is 47.4 Å². The van der Waals surface area contributed by atoms with E-state index in [1.807, 2.05) is 0 Å². The number of phosphoric acid groups is 1. The number of anilines is 1. The summed E-state index contributed by atoms with van der Waals surface area (Å²) in [4.78, 5) is 31.1. The van der Waals surface area contributed by atoms with Gasteiger partial charge in [-0.05, 0) is 17.7 Å². The maximum absolute atomic E-state index is 11.5. The zero-order chi connectivity index (χ0) is 27.5. The Morgan fingerprint density at radius 1 is 1.18 bits per heavy atom. The lowest BCUT2D eigenvalue weighted by atomic mass is 9.69. The van der Waals surface area contributed by atoms with Gasteiger partial charge in [0.1, 0.15) is 24.6 Å². The van der Waals surface area contributed by atoms with Crippen LogP contribution in [0, 0.1) is 0 Å². The fourth-order valence-electron chi connectivity index (χ4n) is 5.34. The van der Waals surface area contributed by atoms with Gasteiger partial charge in [-0.15, -0.1) is 0 Å².